The first-order chi connectivity index (χ1) is 20.3. The Balaban J connectivity index is 1.43. The molecule has 0 atom stereocenters. The van der Waals surface area contributed by atoms with Crippen molar-refractivity contribution in [2.45, 2.75) is 9.79 Å². The van der Waals surface area contributed by atoms with Gasteiger partial charge in [0.25, 0.3) is 0 Å². The second-order valence-electron chi connectivity index (χ2n) is 10.8. The van der Waals surface area contributed by atoms with Crippen molar-refractivity contribution in [3.05, 3.63) is 146 Å². The molecular weight excluding hydrogens is 513 g/mol. The molecule has 0 saturated carbocycles. The Bertz CT molecular complexity index is 2320. The number of benzene rings is 8. The third kappa shape index (κ3) is 3.36. The highest BCUT2D eigenvalue weighted by Crippen LogP contribution is 2.51. The Hall–Kier alpha value is -4.85. The summed E-state index contributed by atoms with van der Waals surface area (Å²) in [7, 11) is 0. The van der Waals surface area contributed by atoms with E-state index in [0.717, 1.165) is 0 Å². The largest absolute Gasteiger partial charge is 0.0888 e. The molecule has 8 aromatic carbocycles. The standard InChI is InChI=1S/C40H24S/c1-2-11-27(12-3-1)39-31-17-7-6-16-30(31)37(33-22-20-25-10-4-5-15-29(25)40(33)39)28-21-23-35-34(24-28)32-18-8-13-26-14-9-19-36(41-35)38(26)32/h1-24H. The normalized spacial score (nSPS) is 12.3. The molecule has 0 unspecified atom stereocenters. The van der Waals surface area contributed by atoms with E-state index in [0.29, 0.717) is 0 Å². The maximum Gasteiger partial charge on any atom is 0.0207 e. The topological polar surface area (TPSA) is 0 Å². The Labute approximate surface area is 242 Å². The van der Waals surface area contributed by atoms with Crippen LogP contribution in [0.4, 0.5) is 0 Å². The van der Waals surface area contributed by atoms with E-state index in [2.05, 4.69) is 146 Å². The van der Waals surface area contributed by atoms with Gasteiger partial charge in [-0.25, -0.2) is 0 Å². The van der Waals surface area contributed by atoms with Crippen LogP contribution in [0.5, 0.6) is 0 Å². The lowest BCUT2D eigenvalue weighted by Gasteiger charge is -2.23. The quantitative estimate of drug-likeness (QED) is 0.156. The van der Waals surface area contributed by atoms with Gasteiger partial charge in [-0.2, -0.15) is 0 Å². The molecule has 0 N–H and O–H groups in total. The molecule has 0 nitrogen and oxygen atoms in total. The van der Waals surface area contributed by atoms with E-state index in [1.807, 2.05) is 11.8 Å². The van der Waals surface area contributed by atoms with Gasteiger partial charge >= 0.3 is 0 Å². The summed E-state index contributed by atoms with van der Waals surface area (Å²) < 4.78 is 0. The molecule has 0 spiro atoms. The van der Waals surface area contributed by atoms with E-state index in [1.165, 1.54) is 86.3 Å². The molecule has 9 rings (SSSR count). The monoisotopic (exact) mass is 536 g/mol. The van der Waals surface area contributed by atoms with E-state index < -0.39 is 0 Å². The fraction of sp³-hybridized carbons (Fsp3) is 0. The molecule has 0 aliphatic carbocycles. The van der Waals surface area contributed by atoms with Crippen LogP contribution in [0.2, 0.25) is 0 Å². The summed E-state index contributed by atoms with van der Waals surface area (Å²) in [6.45, 7) is 0. The predicted molar refractivity (Wildman–Crippen MR) is 177 cm³/mol. The van der Waals surface area contributed by atoms with Crippen LogP contribution in [0.3, 0.4) is 0 Å². The van der Waals surface area contributed by atoms with Gasteiger partial charge in [0, 0.05) is 15.2 Å². The zero-order valence-electron chi connectivity index (χ0n) is 22.3. The van der Waals surface area contributed by atoms with E-state index >= 15 is 0 Å². The van der Waals surface area contributed by atoms with Crippen molar-refractivity contribution >= 4 is 54.9 Å². The Morgan fingerprint density at radius 1 is 0.341 bits per heavy atom. The average molecular weight is 537 g/mol. The maximum absolute atomic E-state index is 2.44. The molecule has 41 heavy (non-hydrogen) atoms. The lowest BCUT2D eigenvalue weighted by atomic mass is 9.83. The number of rotatable bonds is 2. The van der Waals surface area contributed by atoms with Crippen molar-refractivity contribution in [1.82, 2.24) is 0 Å². The number of fused-ring (bicyclic) bond motifs is 6. The zero-order valence-corrected chi connectivity index (χ0v) is 23.1. The third-order valence-electron chi connectivity index (χ3n) is 8.62. The molecule has 0 saturated heterocycles. The van der Waals surface area contributed by atoms with Gasteiger partial charge in [0.05, 0.1) is 0 Å². The van der Waals surface area contributed by atoms with Crippen LogP contribution in [0.15, 0.2) is 155 Å². The smallest absolute Gasteiger partial charge is 0.0207 e. The molecule has 1 heteroatoms. The minimum absolute atomic E-state index is 1.25. The first-order valence-corrected chi connectivity index (χ1v) is 14.9. The van der Waals surface area contributed by atoms with Crippen molar-refractivity contribution in [3.63, 3.8) is 0 Å². The summed E-state index contributed by atoms with van der Waals surface area (Å²) in [6.07, 6.45) is 0. The summed E-state index contributed by atoms with van der Waals surface area (Å²) in [4.78, 5) is 2.66. The summed E-state index contributed by atoms with van der Waals surface area (Å²) in [5.74, 6) is 0. The molecule has 190 valence electrons. The molecule has 0 bridgehead atoms. The highest BCUT2D eigenvalue weighted by Gasteiger charge is 2.22. The van der Waals surface area contributed by atoms with Gasteiger partial charge in [-0.3, -0.25) is 0 Å². The van der Waals surface area contributed by atoms with Gasteiger partial charge in [-0.1, -0.05) is 139 Å². The summed E-state index contributed by atoms with van der Waals surface area (Å²) in [5.41, 5.74) is 7.78. The fourth-order valence-corrected chi connectivity index (χ4v) is 8.01. The first kappa shape index (κ1) is 22.9. The van der Waals surface area contributed by atoms with E-state index in [-0.39, 0.29) is 0 Å². The molecule has 0 amide bonds. The SMILES string of the molecule is c1ccc(-c2c3ccccc3c(-c3ccc4c(c3)-c3cccc5cccc(c35)S4)c3ccc4ccccc4c23)cc1. The number of hydrogen-bond donors (Lipinski definition) is 0. The Kier molecular flexibility index (Phi) is 4.93. The molecule has 8 aromatic rings. The predicted octanol–water partition coefficient (Wildman–Crippen LogP) is 11.8. The van der Waals surface area contributed by atoms with Crippen molar-refractivity contribution < 1.29 is 0 Å². The number of hydrogen-bond acceptors (Lipinski definition) is 1. The second-order valence-corrected chi connectivity index (χ2v) is 11.9. The van der Waals surface area contributed by atoms with Gasteiger partial charge in [0.1, 0.15) is 0 Å². The fourth-order valence-electron chi connectivity index (χ4n) is 6.88. The molecule has 0 fully saturated rings. The van der Waals surface area contributed by atoms with Gasteiger partial charge in [-0.05, 0) is 89.3 Å². The van der Waals surface area contributed by atoms with Crippen LogP contribution in [-0.2, 0) is 0 Å². The van der Waals surface area contributed by atoms with Gasteiger partial charge in [0.2, 0.25) is 0 Å². The van der Waals surface area contributed by atoms with Crippen LogP contribution in [0, 0.1) is 0 Å². The van der Waals surface area contributed by atoms with Crippen LogP contribution in [-0.4, -0.2) is 0 Å². The van der Waals surface area contributed by atoms with Crippen molar-refractivity contribution in [3.8, 4) is 33.4 Å². The highest BCUT2D eigenvalue weighted by molar-refractivity contribution is 7.99. The van der Waals surface area contributed by atoms with Gasteiger partial charge < -0.3 is 0 Å². The van der Waals surface area contributed by atoms with Crippen molar-refractivity contribution in [1.29, 1.82) is 0 Å². The molecule has 0 radical (unpaired) electrons. The summed E-state index contributed by atoms with van der Waals surface area (Å²) >= 11 is 1.89. The van der Waals surface area contributed by atoms with Crippen molar-refractivity contribution in [2.24, 2.45) is 0 Å². The summed E-state index contributed by atoms with van der Waals surface area (Å²) in [5, 5.41) is 10.4. The minimum Gasteiger partial charge on any atom is -0.0888 e. The maximum atomic E-state index is 2.44. The van der Waals surface area contributed by atoms with Gasteiger partial charge in [-0.15, -0.1) is 0 Å². The van der Waals surface area contributed by atoms with Crippen LogP contribution < -0.4 is 0 Å². The van der Waals surface area contributed by atoms with Crippen molar-refractivity contribution in [2.75, 3.05) is 0 Å². The van der Waals surface area contributed by atoms with Crippen LogP contribution in [0.1, 0.15) is 0 Å². The zero-order chi connectivity index (χ0) is 26.9. The lowest BCUT2D eigenvalue weighted by molar-refractivity contribution is 1.40. The third-order valence-corrected chi connectivity index (χ3v) is 9.76. The second kappa shape index (κ2) is 8.83. The minimum atomic E-state index is 1.25. The van der Waals surface area contributed by atoms with E-state index in [1.54, 1.807) is 0 Å². The average Bonchev–Trinajstić information content (AvgIpc) is 3.04. The lowest BCUT2D eigenvalue weighted by Crippen LogP contribution is -1.95. The van der Waals surface area contributed by atoms with E-state index in [9.17, 15) is 0 Å². The van der Waals surface area contributed by atoms with Gasteiger partial charge in [0.15, 0.2) is 0 Å². The molecule has 1 aliphatic rings. The molecule has 0 aromatic heterocycles. The summed E-state index contributed by atoms with van der Waals surface area (Å²) in [6, 6.07) is 53.8. The van der Waals surface area contributed by atoms with Crippen LogP contribution >= 0.6 is 11.8 Å². The Morgan fingerprint density at radius 3 is 1.90 bits per heavy atom. The Morgan fingerprint density at radius 2 is 1.05 bits per heavy atom. The molecular formula is C40H24S. The van der Waals surface area contributed by atoms with Crippen LogP contribution in [0.25, 0.3) is 76.5 Å². The van der Waals surface area contributed by atoms with E-state index in [4.69, 9.17) is 0 Å². The molecule has 1 heterocycles. The first-order valence-electron chi connectivity index (χ1n) is 14.1. The highest BCUT2D eigenvalue weighted by atomic mass is 32.2. The molecule has 1 aliphatic heterocycles.